The van der Waals surface area contributed by atoms with E-state index in [0.717, 1.165) is 21.3 Å². The Hall–Kier alpha value is -0.446. The van der Waals surface area contributed by atoms with Gasteiger partial charge in [-0.15, -0.1) is 0 Å². The molecule has 3 N–H and O–H groups in total. The number of hydrogen-bond acceptors (Lipinski definition) is 3. The maximum absolute atomic E-state index is 7.00. The molecule has 1 aromatic carbocycles. The van der Waals surface area contributed by atoms with Crippen molar-refractivity contribution >= 4 is 5.57 Å². The fraction of sp³-hybridized carbons (Fsp3) is 0.500. The second-order valence-electron chi connectivity index (χ2n) is 4.12. The Morgan fingerprint density at radius 1 is 0.800 bits per heavy atom. The summed E-state index contributed by atoms with van der Waals surface area (Å²) >= 11 is 0. The van der Waals surface area contributed by atoms with Crippen LogP contribution in [-0.4, -0.2) is 36.6 Å². The zero-order valence-electron chi connectivity index (χ0n) is 12.7. The van der Waals surface area contributed by atoms with Crippen molar-refractivity contribution in [2.45, 2.75) is 32.1 Å². The molecule has 0 bridgehead atoms. The second kappa shape index (κ2) is 13.5. The Morgan fingerprint density at radius 3 is 2.00 bits per heavy atom. The van der Waals surface area contributed by atoms with E-state index in [4.69, 9.17) is 15.3 Å². The van der Waals surface area contributed by atoms with Crippen molar-refractivity contribution in [3.63, 3.8) is 0 Å². The summed E-state index contributed by atoms with van der Waals surface area (Å²) in [7, 11) is 3.00. The van der Waals surface area contributed by atoms with Crippen molar-refractivity contribution in [1.29, 1.82) is 0 Å². The summed E-state index contributed by atoms with van der Waals surface area (Å²) in [5.41, 5.74) is 6.53. The van der Waals surface area contributed by atoms with E-state index in [1.165, 1.54) is 32.1 Å². The summed E-state index contributed by atoms with van der Waals surface area (Å²) < 4.78 is 0. The minimum Gasteiger partial charge on any atom is -0.400 e. The molecule has 112 valence electrons. The van der Waals surface area contributed by atoms with Gasteiger partial charge in [-0.1, -0.05) is 29.8 Å². The van der Waals surface area contributed by atoms with E-state index in [-0.39, 0.29) is 21.7 Å². The van der Waals surface area contributed by atoms with Crippen molar-refractivity contribution in [2.75, 3.05) is 21.3 Å². The largest absolute Gasteiger partial charge is 0.400 e. The minimum atomic E-state index is 0. The van der Waals surface area contributed by atoms with Crippen LogP contribution >= 0.6 is 0 Å². The molecule has 3 rings (SSSR count). The fourth-order valence-electron chi connectivity index (χ4n) is 2.69. The molecule has 2 aliphatic rings. The molecule has 0 aliphatic heterocycles. The van der Waals surface area contributed by atoms with Crippen molar-refractivity contribution < 1.29 is 37.0 Å². The molecule has 1 aromatic rings. The Morgan fingerprint density at radius 2 is 1.35 bits per heavy atom. The molecule has 4 heteroatoms. The summed E-state index contributed by atoms with van der Waals surface area (Å²) in [6.45, 7) is 0. The number of aliphatic hydroxyl groups excluding tert-OH is 3. The first-order chi connectivity index (χ1) is 9.45. The Balaban J connectivity index is 0. The Bertz CT molecular complexity index is 389. The third-order valence-corrected chi connectivity index (χ3v) is 3.33. The predicted octanol–water partition coefficient (Wildman–Crippen LogP) is 2.39. The van der Waals surface area contributed by atoms with Gasteiger partial charge in [0.1, 0.15) is 0 Å². The third-order valence-electron chi connectivity index (χ3n) is 3.33. The number of rotatable bonds is 0. The maximum atomic E-state index is 7.00. The van der Waals surface area contributed by atoms with Crippen LogP contribution in [0.15, 0.2) is 29.8 Å². The van der Waals surface area contributed by atoms with Gasteiger partial charge in [0.15, 0.2) is 0 Å². The van der Waals surface area contributed by atoms with Crippen molar-refractivity contribution in [3.8, 4) is 0 Å². The van der Waals surface area contributed by atoms with Crippen LogP contribution in [0.4, 0.5) is 0 Å². The quantitative estimate of drug-likeness (QED) is 0.645. The summed E-state index contributed by atoms with van der Waals surface area (Å²) in [6, 6.07) is 8.91. The molecule has 20 heavy (non-hydrogen) atoms. The first kappa shape index (κ1) is 21.8. The van der Waals surface area contributed by atoms with Gasteiger partial charge in [-0.3, -0.25) is 0 Å². The molecule has 0 unspecified atom stereocenters. The smallest absolute Gasteiger partial charge is 0.0319 e. The van der Waals surface area contributed by atoms with Crippen LogP contribution in [0.3, 0.4) is 0 Å². The van der Waals surface area contributed by atoms with Gasteiger partial charge >= 0.3 is 0 Å². The Kier molecular flexibility index (Phi) is 14.8. The molecule has 0 saturated heterocycles. The fourth-order valence-corrected chi connectivity index (χ4v) is 2.69. The monoisotopic (exact) mass is 314 g/mol. The standard InChI is InChI=1S/C13H14.3CH4O.Ti/c1-3-7-12-10(5-1)9-11-6-2-4-8-13(11)12;3*1-2;/h1,3,5,7H,2,4,6,8-9H2;3*2H,1H3;. The van der Waals surface area contributed by atoms with E-state index >= 15 is 0 Å². The predicted molar refractivity (Wildman–Crippen MR) is 80.0 cm³/mol. The van der Waals surface area contributed by atoms with Crippen LogP contribution < -0.4 is 0 Å². The van der Waals surface area contributed by atoms with Gasteiger partial charge in [0.25, 0.3) is 0 Å². The third kappa shape index (κ3) is 5.51. The summed E-state index contributed by atoms with van der Waals surface area (Å²) in [6.07, 6.45) is 6.72. The summed E-state index contributed by atoms with van der Waals surface area (Å²) in [4.78, 5) is 0. The van der Waals surface area contributed by atoms with E-state index in [1.54, 1.807) is 22.3 Å². The zero-order chi connectivity index (χ0) is 14.7. The average Bonchev–Trinajstić information content (AvgIpc) is 2.92. The van der Waals surface area contributed by atoms with Gasteiger partial charge in [0, 0.05) is 43.0 Å². The number of fused-ring (bicyclic) bond motifs is 2. The van der Waals surface area contributed by atoms with Crippen LogP contribution in [-0.2, 0) is 28.1 Å². The van der Waals surface area contributed by atoms with Crippen molar-refractivity contribution in [3.05, 3.63) is 41.0 Å². The van der Waals surface area contributed by atoms with E-state index in [0.29, 0.717) is 0 Å². The summed E-state index contributed by atoms with van der Waals surface area (Å²) in [5, 5.41) is 21.0. The molecule has 0 saturated carbocycles. The molecule has 2 aliphatic carbocycles. The molecule has 0 aromatic heterocycles. The van der Waals surface area contributed by atoms with E-state index < -0.39 is 0 Å². The molecule has 0 radical (unpaired) electrons. The maximum Gasteiger partial charge on any atom is 0.0319 e. The van der Waals surface area contributed by atoms with Gasteiger partial charge < -0.3 is 15.3 Å². The number of allylic oxidation sites excluding steroid dienone is 2. The van der Waals surface area contributed by atoms with Crippen LogP contribution in [0, 0.1) is 0 Å². The van der Waals surface area contributed by atoms with E-state index in [1.807, 2.05) is 0 Å². The second-order valence-corrected chi connectivity index (χ2v) is 4.12. The van der Waals surface area contributed by atoms with Crippen LogP contribution in [0.2, 0.25) is 0 Å². The number of aliphatic hydroxyl groups is 3. The van der Waals surface area contributed by atoms with Crippen molar-refractivity contribution in [2.24, 2.45) is 0 Å². The normalized spacial score (nSPS) is 13.9. The van der Waals surface area contributed by atoms with Gasteiger partial charge in [0.2, 0.25) is 0 Å². The first-order valence-corrected chi connectivity index (χ1v) is 6.58. The first-order valence-electron chi connectivity index (χ1n) is 6.58. The molecule has 0 amide bonds. The van der Waals surface area contributed by atoms with Crippen LogP contribution in [0.1, 0.15) is 36.8 Å². The molecule has 0 fully saturated rings. The molecule has 3 nitrogen and oxygen atoms in total. The molecule has 0 heterocycles. The van der Waals surface area contributed by atoms with E-state index in [9.17, 15) is 0 Å². The van der Waals surface area contributed by atoms with Crippen LogP contribution in [0.5, 0.6) is 0 Å². The topological polar surface area (TPSA) is 60.7 Å². The van der Waals surface area contributed by atoms with Gasteiger partial charge in [-0.05, 0) is 48.8 Å². The van der Waals surface area contributed by atoms with Crippen molar-refractivity contribution in [1.82, 2.24) is 0 Å². The van der Waals surface area contributed by atoms with Gasteiger partial charge in [-0.25, -0.2) is 0 Å². The SMILES string of the molecule is CO.CO.CO.[Ti].c1ccc2c(c1)CC1=C2CCCC1. The van der Waals surface area contributed by atoms with E-state index in [2.05, 4.69) is 24.3 Å². The zero-order valence-corrected chi connectivity index (χ0v) is 14.2. The van der Waals surface area contributed by atoms with Gasteiger partial charge in [0.05, 0.1) is 0 Å². The summed E-state index contributed by atoms with van der Waals surface area (Å²) in [5.74, 6) is 0. The van der Waals surface area contributed by atoms with Crippen LogP contribution in [0.25, 0.3) is 5.57 Å². The molecular weight excluding hydrogens is 288 g/mol. The molecule has 0 atom stereocenters. The number of hydrogen-bond donors (Lipinski definition) is 3. The molecular formula is C16H26O3Ti. The Labute approximate surface area is 137 Å². The average molecular weight is 314 g/mol. The number of benzene rings is 1. The molecule has 0 spiro atoms. The minimum absolute atomic E-state index is 0. The van der Waals surface area contributed by atoms with Gasteiger partial charge in [-0.2, -0.15) is 0 Å².